The highest BCUT2D eigenvalue weighted by molar-refractivity contribution is 5.98. The van der Waals surface area contributed by atoms with Gasteiger partial charge in [0.25, 0.3) is 0 Å². The van der Waals surface area contributed by atoms with Crippen LogP contribution >= 0.6 is 0 Å². The van der Waals surface area contributed by atoms with Crippen molar-refractivity contribution in [2.75, 3.05) is 19.6 Å². The van der Waals surface area contributed by atoms with Crippen molar-refractivity contribution >= 4 is 11.8 Å². The lowest BCUT2D eigenvalue weighted by molar-refractivity contribution is -0.152. The van der Waals surface area contributed by atoms with Gasteiger partial charge in [-0.2, -0.15) is 0 Å². The summed E-state index contributed by atoms with van der Waals surface area (Å²) in [5.41, 5.74) is 2.33. The van der Waals surface area contributed by atoms with Gasteiger partial charge < -0.3 is 5.11 Å². The molecule has 2 saturated heterocycles. The molecule has 3 aliphatic rings. The number of phenols is 1. The smallest absolute Gasteiger partial charge is 0.229 e. The van der Waals surface area contributed by atoms with Crippen LogP contribution in [-0.2, 0) is 16.0 Å². The summed E-state index contributed by atoms with van der Waals surface area (Å²) in [6.45, 7) is 6.78. The maximum atomic E-state index is 12.3. The molecule has 1 aromatic rings. The second-order valence-electron chi connectivity index (χ2n) is 9.90. The molecule has 2 unspecified atom stereocenters. The first-order valence-corrected chi connectivity index (χ1v) is 11.2. The standard InChI is InChI=1S/C24H34N2O3/c1-24(2)15-22(28)26(23(29)16-24)13-5-3-4-12-25-14-11-18-17-7-6-8-21(27)19(17)9-10-20(18)25/h6-8,18,20,27H,3-5,9-16H2,1-2H3. The molecule has 0 radical (unpaired) electrons. The van der Waals surface area contributed by atoms with E-state index in [-0.39, 0.29) is 17.2 Å². The predicted octanol–water partition coefficient (Wildman–Crippen LogP) is 3.84. The molecule has 0 aromatic heterocycles. The maximum absolute atomic E-state index is 12.3. The van der Waals surface area contributed by atoms with E-state index in [0.717, 1.165) is 50.8 Å². The van der Waals surface area contributed by atoms with Gasteiger partial charge in [0, 0.05) is 31.3 Å². The number of hydrogen-bond acceptors (Lipinski definition) is 4. The number of hydrogen-bond donors (Lipinski definition) is 1. The van der Waals surface area contributed by atoms with Gasteiger partial charge in [-0.1, -0.05) is 32.4 Å². The number of fused-ring (bicyclic) bond motifs is 3. The van der Waals surface area contributed by atoms with E-state index in [9.17, 15) is 14.7 Å². The van der Waals surface area contributed by atoms with E-state index in [0.29, 0.717) is 37.1 Å². The fraction of sp³-hybridized carbons (Fsp3) is 0.667. The highest BCUT2D eigenvalue weighted by Crippen LogP contribution is 2.43. The fourth-order valence-electron chi connectivity index (χ4n) is 5.67. The molecule has 0 spiro atoms. The Balaban J connectivity index is 1.22. The largest absolute Gasteiger partial charge is 0.508 e. The number of imide groups is 1. The van der Waals surface area contributed by atoms with Crippen molar-refractivity contribution in [2.45, 2.75) is 77.2 Å². The molecule has 5 nitrogen and oxygen atoms in total. The summed E-state index contributed by atoms with van der Waals surface area (Å²) in [6, 6.07) is 6.58. The zero-order valence-corrected chi connectivity index (χ0v) is 17.8. The first-order valence-electron chi connectivity index (χ1n) is 11.2. The Morgan fingerprint density at radius 3 is 2.52 bits per heavy atom. The number of rotatable bonds is 6. The first kappa shape index (κ1) is 20.4. The third-order valence-corrected chi connectivity index (χ3v) is 7.13. The molecular formula is C24H34N2O3. The van der Waals surface area contributed by atoms with Crippen LogP contribution in [0.1, 0.15) is 75.8 Å². The van der Waals surface area contributed by atoms with Crippen LogP contribution in [0.15, 0.2) is 18.2 Å². The number of amides is 2. The summed E-state index contributed by atoms with van der Waals surface area (Å²) >= 11 is 0. The molecule has 2 aliphatic heterocycles. The van der Waals surface area contributed by atoms with E-state index in [1.54, 1.807) is 0 Å². The maximum Gasteiger partial charge on any atom is 0.229 e. The van der Waals surface area contributed by atoms with E-state index < -0.39 is 0 Å². The summed E-state index contributed by atoms with van der Waals surface area (Å²) in [5, 5.41) is 10.2. The number of likely N-dealkylation sites (tertiary alicyclic amines) is 2. The van der Waals surface area contributed by atoms with Crippen LogP contribution in [0.4, 0.5) is 0 Å². The minimum absolute atomic E-state index is 0.00208. The van der Waals surface area contributed by atoms with Crippen LogP contribution in [0.2, 0.25) is 0 Å². The van der Waals surface area contributed by atoms with Gasteiger partial charge in [-0.3, -0.25) is 19.4 Å². The number of nitrogens with zero attached hydrogens (tertiary/aromatic N) is 2. The van der Waals surface area contributed by atoms with E-state index >= 15 is 0 Å². The molecule has 2 atom stereocenters. The molecule has 29 heavy (non-hydrogen) atoms. The first-order chi connectivity index (χ1) is 13.9. The molecule has 1 N–H and O–H groups in total. The Morgan fingerprint density at radius 2 is 1.76 bits per heavy atom. The van der Waals surface area contributed by atoms with E-state index in [1.807, 2.05) is 26.0 Å². The van der Waals surface area contributed by atoms with Crippen molar-refractivity contribution in [3.05, 3.63) is 29.3 Å². The normalized spacial score (nSPS) is 26.5. The molecule has 2 amide bonds. The number of unbranched alkanes of at least 4 members (excludes halogenated alkanes) is 2. The second kappa shape index (κ2) is 8.10. The highest BCUT2D eigenvalue weighted by atomic mass is 16.3. The van der Waals surface area contributed by atoms with Crippen molar-refractivity contribution in [1.29, 1.82) is 0 Å². The molecule has 4 rings (SSSR count). The molecule has 1 aliphatic carbocycles. The Morgan fingerprint density at radius 1 is 1.03 bits per heavy atom. The second-order valence-corrected chi connectivity index (χ2v) is 9.90. The third kappa shape index (κ3) is 4.20. The van der Waals surface area contributed by atoms with Crippen molar-refractivity contribution in [2.24, 2.45) is 5.41 Å². The molecule has 2 fully saturated rings. The monoisotopic (exact) mass is 398 g/mol. The van der Waals surface area contributed by atoms with Crippen LogP contribution in [-0.4, -0.2) is 52.4 Å². The van der Waals surface area contributed by atoms with Gasteiger partial charge >= 0.3 is 0 Å². The SMILES string of the molecule is CC1(C)CC(=O)N(CCCCCN2CCC3c4cccc(O)c4CCC32)C(=O)C1. The van der Waals surface area contributed by atoms with Crippen molar-refractivity contribution in [1.82, 2.24) is 9.80 Å². The quantitative estimate of drug-likeness (QED) is 0.584. The Hall–Kier alpha value is -1.88. The Kier molecular flexibility index (Phi) is 5.69. The molecule has 0 saturated carbocycles. The number of benzene rings is 1. The summed E-state index contributed by atoms with van der Waals surface area (Å²) in [4.78, 5) is 28.6. The lowest BCUT2D eigenvalue weighted by Gasteiger charge is -2.35. The Labute approximate surface area is 174 Å². The van der Waals surface area contributed by atoms with Crippen LogP contribution in [0.5, 0.6) is 5.75 Å². The van der Waals surface area contributed by atoms with Crippen molar-refractivity contribution < 1.29 is 14.7 Å². The zero-order valence-electron chi connectivity index (χ0n) is 17.8. The van der Waals surface area contributed by atoms with Crippen molar-refractivity contribution in [3.63, 3.8) is 0 Å². The van der Waals surface area contributed by atoms with Gasteiger partial charge in [-0.15, -0.1) is 0 Å². The number of phenolic OH excluding ortho intramolecular Hbond substituents is 1. The Bertz CT molecular complexity index is 768. The van der Waals surface area contributed by atoms with Crippen LogP contribution in [0.25, 0.3) is 0 Å². The molecule has 2 heterocycles. The molecule has 0 bridgehead atoms. The van der Waals surface area contributed by atoms with E-state index in [2.05, 4.69) is 11.0 Å². The number of carbonyl (C=O) groups excluding carboxylic acids is 2. The molecular weight excluding hydrogens is 364 g/mol. The van der Waals surface area contributed by atoms with Crippen LogP contribution in [0.3, 0.4) is 0 Å². The third-order valence-electron chi connectivity index (χ3n) is 7.13. The van der Waals surface area contributed by atoms with Gasteiger partial charge in [0.2, 0.25) is 11.8 Å². The van der Waals surface area contributed by atoms with Crippen LogP contribution < -0.4 is 0 Å². The fourth-order valence-corrected chi connectivity index (χ4v) is 5.67. The average molecular weight is 399 g/mol. The summed E-state index contributed by atoms with van der Waals surface area (Å²) < 4.78 is 0. The minimum atomic E-state index is -0.188. The van der Waals surface area contributed by atoms with Gasteiger partial charge in [-0.05, 0) is 67.8 Å². The topological polar surface area (TPSA) is 60.9 Å². The predicted molar refractivity (Wildman–Crippen MR) is 113 cm³/mol. The van der Waals surface area contributed by atoms with Gasteiger partial charge in [-0.25, -0.2) is 0 Å². The minimum Gasteiger partial charge on any atom is -0.508 e. The molecule has 5 heteroatoms. The van der Waals surface area contributed by atoms with Gasteiger partial charge in [0.1, 0.15) is 5.75 Å². The summed E-state index contributed by atoms with van der Waals surface area (Å²) in [6.07, 6.45) is 7.28. The highest BCUT2D eigenvalue weighted by Gasteiger charge is 2.39. The van der Waals surface area contributed by atoms with Gasteiger partial charge in [0.05, 0.1) is 0 Å². The van der Waals surface area contributed by atoms with E-state index in [4.69, 9.17) is 0 Å². The number of carbonyl (C=O) groups is 2. The van der Waals surface area contributed by atoms with E-state index in [1.165, 1.54) is 16.9 Å². The summed E-state index contributed by atoms with van der Waals surface area (Å²) in [5.74, 6) is 1.01. The zero-order chi connectivity index (χ0) is 20.6. The lowest BCUT2D eigenvalue weighted by Crippen LogP contribution is -2.46. The van der Waals surface area contributed by atoms with Crippen LogP contribution in [0, 0.1) is 5.41 Å². The number of aromatic hydroxyl groups is 1. The summed E-state index contributed by atoms with van der Waals surface area (Å²) in [7, 11) is 0. The number of piperidine rings is 1. The average Bonchev–Trinajstić information content (AvgIpc) is 3.06. The van der Waals surface area contributed by atoms with Gasteiger partial charge in [0.15, 0.2) is 0 Å². The molecule has 1 aromatic carbocycles. The van der Waals surface area contributed by atoms with Crippen molar-refractivity contribution in [3.8, 4) is 5.75 Å². The molecule has 158 valence electrons. The lowest BCUT2D eigenvalue weighted by atomic mass is 9.79.